The molecule has 0 aliphatic carbocycles. The van der Waals surface area contributed by atoms with Crippen molar-refractivity contribution >= 4 is 11.6 Å². The molecule has 2 N–H and O–H groups in total. The molecular weight excluding hydrogens is 265 g/mol. The lowest BCUT2D eigenvalue weighted by Crippen LogP contribution is -2.09. The van der Waals surface area contributed by atoms with Gasteiger partial charge in [-0.1, -0.05) is 23.7 Å². The Kier molecular flexibility index (Phi) is 4.08. The smallest absolute Gasteiger partial charge is 0.146 e. The lowest BCUT2D eigenvalue weighted by molar-refractivity contribution is 0.461. The van der Waals surface area contributed by atoms with Crippen LogP contribution >= 0.6 is 11.6 Å². The molecule has 0 aromatic heterocycles. The second-order valence-corrected chi connectivity index (χ2v) is 4.88. The van der Waals surface area contributed by atoms with Crippen LogP contribution in [0.4, 0.5) is 4.39 Å². The van der Waals surface area contributed by atoms with Crippen LogP contribution in [0.3, 0.4) is 0 Å². The van der Waals surface area contributed by atoms with Gasteiger partial charge in [-0.25, -0.2) is 4.39 Å². The van der Waals surface area contributed by atoms with Gasteiger partial charge in [0.15, 0.2) is 0 Å². The van der Waals surface area contributed by atoms with Gasteiger partial charge in [0.05, 0.1) is 5.02 Å². The van der Waals surface area contributed by atoms with Crippen LogP contribution in [0.5, 0.6) is 11.5 Å². The van der Waals surface area contributed by atoms with Crippen molar-refractivity contribution in [2.45, 2.75) is 19.9 Å². The Bertz CT molecular complexity index is 599. The predicted octanol–water partition coefficient (Wildman–Crippen LogP) is 4.60. The quantitative estimate of drug-likeness (QED) is 0.891. The van der Waals surface area contributed by atoms with E-state index in [1.54, 1.807) is 31.2 Å². The molecule has 0 saturated carbocycles. The van der Waals surface area contributed by atoms with Crippen LogP contribution in [0.25, 0.3) is 0 Å². The molecule has 0 aliphatic rings. The summed E-state index contributed by atoms with van der Waals surface area (Å²) in [7, 11) is 0. The molecule has 0 radical (unpaired) electrons. The van der Waals surface area contributed by atoms with Gasteiger partial charge >= 0.3 is 0 Å². The van der Waals surface area contributed by atoms with Gasteiger partial charge in [-0.3, -0.25) is 0 Å². The second kappa shape index (κ2) is 5.59. The minimum absolute atomic E-state index is 0.346. The highest BCUT2D eigenvalue weighted by Crippen LogP contribution is 2.34. The molecule has 2 aromatic carbocycles. The van der Waals surface area contributed by atoms with E-state index in [0.717, 1.165) is 5.56 Å². The summed E-state index contributed by atoms with van der Waals surface area (Å²) < 4.78 is 19.5. The molecule has 0 amide bonds. The summed E-state index contributed by atoms with van der Waals surface area (Å²) in [4.78, 5) is 0. The molecule has 2 aromatic rings. The third-order valence-electron chi connectivity index (χ3n) is 2.78. The van der Waals surface area contributed by atoms with Crippen LogP contribution in [-0.2, 0) is 0 Å². The maximum absolute atomic E-state index is 13.8. The van der Waals surface area contributed by atoms with Gasteiger partial charge in [0.1, 0.15) is 17.3 Å². The van der Waals surface area contributed by atoms with Crippen LogP contribution in [-0.4, -0.2) is 0 Å². The van der Waals surface area contributed by atoms with E-state index in [9.17, 15) is 4.39 Å². The first-order valence-corrected chi connectivity index (χ1v) is 6.35. The summed E-state index contributed by atoms with van der Waals surface area (Å²) in [5.74, 6) is 0.497. The maximum Gasteiger partial charge on any atom is 0.146 e. The molecule has 0 heterocycles. The minimum Gasteiger partial charge on any atom is -0.455 e. The van der Waals surface area contributed by atoms with E-state index >= 15 is 0 Å². The number of nitrogens with two attached hydrogens (primary N) is 1. The predicted molar refractivity (Wildman–Crippen MR) is 75.3 cm³/mol. The van der Waals surface area contributed by atoms with Crippen molar-refractivity contribution in [3.63, 3.8) is 0 Å². The van der Waals surface area contributed by atoms with Crippen molar-refractivity contribution in [3.8, 4) is 11.5 Å². The number of benzene rings is 2. The van der Waals surface area contributed by atoms with Crippen molar-refractivity contribution in [1.29, 1.82) is 0 Å². The van der Waals surface area contributed by atoms with Gasteiger partial charge in [0.2, 0.25) is 0 Å². The summed E-state index contributed by atoms with van der Waals surface area (Å²) in [5, 5.41) is 0.486. The van der Waals surface area contributed by atoms with Gasteiger partial charge in [-0.2, -0.15) is 0 Å². The molecule has 4 heteroatoms. The molecule has 2 nitrogen and oxygen atoms in total. The highest BCUT2D eigenvalue weighted by molar-refractivity contribution is 6.32. The van der Waals surface area contributed by atoms with E-state index in [2.05, 4.69) is 0 Å². The van der Waals surface area contributed by atoms with Crippen LogP contribution in [0.2, 0.25) is 5.02 Å². The van der Waals surface area contributed by atoms with Gasteiger partial charge < -0.3 is 10.5 Å². The zero-order valence-corrected chi connectivity index (χ0v) is 11.5. The number of aryl methyl sites for hydroxylation is 1. The lowest BCUT2D eigenvalue weighted by Gasteiger charge is -2.15. The Morgan fingerprint density at radius 2 is 1.95 bits per heavy atom. The zero-order valence-electron chi connectivity index (χ0n) is 10.8. The summed E-state index contributed by atoms with van der Waals surface area (Å²) in [6, 6.07) is 9.60. The Balaban J connectivity index is 2.41. The van der Waals surface area contributed by atoms with Crippen molar-refractivity contribution < 1.29 is 9.13 Å². The highest BCUT2D eigenvalue weighted by Gasteiger charge is 2.15. The van der Waals surface area contributed by atoms with Crippen molar-refractivity contribution in [1.82, 2.24) is 0 Å². The summed E-state index contributed by atoms with van der Waals surface area (Å²) in [6.07, 6.45) is 0. The van der Waals surface area contributed by atoms with E-state index in [1.807, 2.05) is 13.0 Å². The summed E-state index contributed by atoms with van der Waals surface area (Å²) in [5.41, 5.74) is 7.16. The van der Waals surface area contributed by atoms with Gasteiger partial charge in [0.25, 0.3) is 0 Å². The zero-order chi connectivity index (χ0) is 14.0. The molecule has 0 spiro atoms. The number of hydrogen-bond acceptors (Lipinski definition) is 2. The fraction of sp³-hybridized carbons (Fsp3) is 0.200. The first-order chi connectivity index (χ1) is 8.99. The number of ether oxygens (including phenoxy) is 1. The van der Waals surface area contributed by atoms with Crippen molar-refractivity contribution in [2.75, 3.05) is 0 Å². The molecule has 0 unspecified atom stereocenters. The normalized spacial score (nSPS) is 12.3. The second-order valence-electron chi connectivity index (χ2n) is 4.48. The van der Waals surface area contributed by atoms with Gasteiger partial charge in [-0.05, 0) is 43.7 Å². The van der Waals surface area contributed by atoms with Crippen LogP contribution in [0.15, 0.2) is 36.4 Å². The molecule has 0 aliphatic heterocycles. The Hall–Kier alpha value is -1.58. The number of hydrogen-bond donors (Lipinski definition) is 1. The molecular formula is C15H15ClFNO. The fourth-order valence-corrected chi connectivity index (χ4v) is 2.13. The maximum atomic E-state index is 13.8. The van der Waals surface area contributed by atoms with Crippen LogP contribution in [0, 0.1) is 12.7 Å². The Labute approximate surface area is 117 Å². The van der Waals surface area contributed by atoms with Crippen molar-refractivity contribution in [3.05, 3.63) is 58.4 Å². The molecule has 19 heavy (non-hydrogen) atoms. The summed E-state index contributed by atoms with van der Waals surface area (Å²) in [6.45, 7) is 3.65. The molecule has 100 valence electrons. The van der Waals surface area contributed by atoms with Gasteiger partial charge in [0, 0.05) is 11.6 Å². The SMILES string of the molecule is Cc1ccc(Oc2cccc(F)c2[C@@H](C)N)c(Cl)c1. The fourth-order valence-electron chi connectivity index (χ4n) is 1.86. The van der Waals surface area contributed by atoms with Gasteiger partial charge in [-0.15, -0.1) is 0 Å². The van der Waals surface area contributed by atoms with Crippen molar-refractivity contribution in [2.24, 2.45) is 5.73 Å². The molecule has 2 rings (SSSR count). The lowest BCUT2D eigenvalue weighted by atomic mass is 10.1. The number of halogens is 2. The van der Waals surface area contributed by atoms with Crippen LogP contribution in [0.1, 0.15) is 24.1 Å². The molecule has 1 atom stereocenters. The molecule has 0 saturated heterocycles. The highest BCUT2D eigenvalue weighted by atomic mass is 35.5. The Morgan fingerprint density at radius 1 is 1.21 bits per heavy atom. The summed E-state index contributed by atoms with van der Waals surface area (Å²) >= 11 is 6.10. The number of rotatable bonds is 3. The van der Waals surface area contributed by atoms with E-state index in [0.29, 0.717) is 22.1 Å². The molecule has 0 fully saturated rings. The standard InChI is InChI=1S/C15H15ClFNO/c1-9-6-7-13(11(16)8-9)19-14-5-3-4-12(17)15(14)10(2)18/h3-8,10H,18H2,1-2H3/t10-/m1/s1. The van der Waals surface area contributed by atoms with E-state index in [1.165, 1.54) is 6.07 Å². The third-order valence-corrected chi connectivity index (χ3v) is 3.07. The topological polar surface area (TPSA) is 35.2 Å². The average Bonchev–Trinajstić information content (AvgIpc) is 2.32. The first kappa shape index (κ1) is 13.8. The largest absolute Gasteiger partial charge is 0.455 e. The van der Waals surface area contributed by atoms with E-state index in [4.69, 9.17) is 22.1 Å². The minimum atomic E-state index is -0.458. The first-order valence-electron chi connectivity index (χ1n) is 5.97. The van der Waals surface area contributed by atoms with Crippen LogP contribution < -0.4 is 10.5 Å². The van der Waals surface area contributed by atoms with E-state index < -0.39 is 6.04 Å². The monoisotopic (exact) mass is 279 g/mol. The Morgan fingerprint density at radius 3 is 2.58 bits per heavy atom. The molecule has 0 bridgehead atoms. The average molecular weight is 280 g/mol. The van der Waals surface area contributed by atoms with E-state index in [-0.39, 0.29) is 5.82 Å². The third kappa shape index (κ3) is 3.06.